The number of benzene rings is 1. The largest absolute Gasteiger partial charge is 0.350 e. The van der Waals surface area contributed by atoms with Crippen LogP contribution in [0.4, 0.5) is 0 Å². The van der Waals surface area contributed by atoms with Crippen LogP contribution in [0.3, 0.4) is 0 Å². The summed E-state index contributed by atoms with van der Waals surface area (Å²) < 4.78 is 0. The third-order valence-electron chi connectivity index (χ3n) is 3.07. The fourth-order valence-corrected chi connectivity index (χ4v) is 1.91. The van der Waals surface area contributed by atoms with Crippen LogP contribution in [0.2, 0.25) is 0 Å². The molecule has 2 rings (SSSR count). The normalized spacial score (nSPS) is 14.9. The van der Waals surface area contributed by atoms with Crippen LogP contribution in [-0.4, -0.2) is 29.2 Å². The van der Waals surface area contributed by atoms with Crippen molar-refractivity contribution in [2.75, 3.05) is 6.54 Å². The molecule has 1 N–H and O–H groups in total. The Morgan fingerprint density at radius 2 is 1.74 bits per heavy atom. The second kappa shape index (κ2) is 5.65. The van der Waals surface area contributed by atoms with E-state index in [0.717, 1.165) is 16.0 Å². The fraction of sp³-hybridized carbons (Fsp3) is 0.357. The standard InChI is InChI=1S/C14H16N2O3/c1-10-2-4-11(5-3-10)8-15-12(17)9-16-13(18)6-7-14(16)19/h2-5H,6-9H2,1H3,(H,15,17). The van der Waals surface area contributed by atoms with Gasteiger partial charge in [0.15, 0.2) is 0 Å². The molecule has 0 aromatic heterocycles. The maximum atomic E-state index is 11.7. The summed E-state index contributed by atoms with van der Waals surface area (Å²) >= 11 is 0. The van der Waals surface area contributed by atoms with Crippen LogP contribution in [-0.2, 0) is 20.9 Å². The van der Waals surface area contributed by atoms with Crippen molar-refractivity contribution in [3.05, 3.63) is 35.4 Å². The Morgan fingerprint density at radius 3 is 2.32 bits per heavy atom. The predicted octanol–water partition coefficient (Wildman–Crippen LogP) is 0.760. The molecule has 5 heteroatoms. The number of nitrogens with one attached hydrogen (secondary N) is 1. The number of likely N-dealkylation sites (tertiary alicyclic amines) is 1. The Morgan fingerprint density at radius 1 is 1.16 bits per heavy atom. The van der Waals surface area contributed by atoms with Crippen LogP contribution in [0.25, 0.3) is 0 Å². The van der Waals surface area contributed by atoms with Crippen molar-refractivity contribution in [1.29, 1.82) is 0 Å². The highest BCUT2D eigenvalue weighted by atomic mass is 16.2. The zero-order valence-electron chi connectivity index (χ0n) is 10.8. The molecular weight excluding hydrogens is 244 g/mol. The van der Waals surface area contributed by atoms with E-state index in [9.17, 15) is 14.4 Å². The molecule has 1 aromatic rings. The molecule has 1 fully saturated rings. The summed E-state index contributed by atoms with van der Waals surface area (Å²) in [5.41, 5.74) is 2.14. The minimum absolute atomic E-state index is 0.177. The van der Waals surface area contributed by atoms with Gasteiger partial charge in [0.05, 0.1) is 0 Å². The molecule has 0 atom stereocenters. The first-order valence-electron chi connectivity index (χ1n) is 6.21. The topological polar surface area (TPSA) is 66.5 Å². The molecule has 0 saturated carbocycles. The third-order valence-corrected chi connectivity index (χ3v) is 3.07. The lowest BCUT2D eigenvalue weighted by atomic mass is 10.1. The van der Waals surface area contributed by atoms with Gasteiger partial charge >= 0.3 is 0 Å². The van der Waals surface area contributed by atoms with E-state index in [-0.39, 0.29) is 37.1 Å². The minimum Gasteiger partial charge on any atom is -0.350 e. The van der Waals surface area contributed by atoms with Gasteiger partial charge in [0.2, 0.25) is 17.7 Å². The van der Waals surface area contributed by atoms with Gasteiger partial charge in [-0.2, -0.15) is 0 Å². The van der Waals surface area contributed by atoms with Gasteiger partial charge in [-0.3, -0.25) is 19.3 Å². The third kappa shape index (κ3) is 3.40. The average Bonchev–Trinajstić information content (AvgIpc) is 2.70. The number of amides is 3. The number of carbonyl (C=O) groups is 3. The van der Waals surface area contributed by atoms with Gasteiger partial charge in [0, 0.05) is 19.4 Å². The molecule has 0 spiro atoms. The first-order chi connectivity index (χ1) is 9.06. The van der Waals surface area contributed by atoms with Crippen molar-refractivity contribution in [2.45, 2.75) is 26.3 Å². The van der Waals surface area contributed by atoms with Crippen molar-refractivity contribution in [2.24, 2.45) is 0 Å². The number of rotatable bonds is 4. The van der Waals surface area contributed by atoms with Crippen LogP contribution in [0.1, 0.15) is 24.0 Å². The molecule has 0 bridgehead atoms. The molecular formula is C14H16N2O3. The van der Waals surface area contributed by atoms with Gasteiger partial charge in [0.25, 0.3) is 0 Å². The van der Waals surface area contributed by atoms with E-state index in [4.69, 9.17) is 0 Å². The predicted molar refractivity (Wildman–Crippen MR) is 69.0 cm³/mol. The Kier molecular flexibility index (Phi) is 3.94. The van der Waals surface area contributed by atoms with Gasteiger partial charge in [0.1, 0.15) is 6.54 Å². The summed E-state index contributed by atoms with van der Waals surface area (Å²) in [7, 11) is 0. The van der Waals surface area contributed by atoms with Crippen molar-refractivity contribution in [3.8, 4) is 0 Å². The van der Waals surface area contributed by atoms with Crippen LogP contribution in [0.5, 0.6) is 0 Å². The zero-order valence-corrected chi connectivity index (χ0v) is 10.8. The smallest absolute Gasteiger partial charge is 0.240 e. The van der Waals surface area contributed by atoms with E-state index in [1.165, 1.54) is 0 Å². The summed E-state index contributed by atoms with van der Waals surface area (Å²) in [6.45, 7) is 2.21. The first kappa shape index (κ1) is 13.3. The molecule has 0 unspecified atom stereocenters. The van der Waals surface area contributed by atoms with Gasteiger partial charge in [-0.05, 0) is 12.5 Å². The molecule has 1 saturated heterocycles. The van der Waals surface area contributed by atoms with Crippen LogP contribution in [0.15, 0.2) is 24.3 Å². The lowest BCUT2D eigenvalue weighted by Gasteiger charge is -2.13. The molecule has 1 aromatic carbocycles. The van der Waals surface area contributed by atoms with Gasteiger partial charge in [-0.1, -0.05) is 29.8 Å². The van der Waals surface area contributed by atoms with Crippen LogP contribution >= 0.6 is 0 Å². The van der Waals surface area contributed by atoms with Gasteiger partial charge < -0.3 is 5.32 Å². The van der Waals surface area contributed by atoms with E-state index < -0.39 is 0 Å². The second-order valence-corrected chi connectivity index (χ2v) is 4.64. The van der Waals surface area contributed by atoms with Gasteiger partial charge in [-0.15, -0.1) is 0 Å². The summed E-state index contributed by atoms with van der Waals surface area (Å²) in [6, 6.07) is 7.80. The number of aryl methyl sites for hydroxylation is 1. The van der Waals surface area contributed by atoms with E-state index in [2.05, 4.69) is 5.32 Å². The second-order valence-electron chi connectivity index (χ2n) is 4.64. The maximum absolute atomic E-state index is 11.7. The van der Waals surface area contributed by atoms with Crippen LogP contribution < -0.4 is 5.32 Å². The summed E-state index contributed by atoms with van der Waals surface area (Å²) in [5.74, 6) is -0.852. The highest BCUT2D eigenvalue weighted by Gasteiger charge is 2.30. The number of hydrogen-bond acceptors (Lipinski definition) is 3. The molecule has 1 aliphatic rings. The maximum Gasteiger partial charge on any atom is 0.240 e. The summed E-state index contributed by atoms with van der Waals surface area (Å²) in [6.07, 6.45) is 0.425. The van der Waals surface area contributed by atoms with Crippen molar-refractivity contribution >= 4 is 17.7 Å². The summed E-state index contributed by atoms with van der Waals surface area (Å²) in [4.78, 5) is 35.4. The van der Waals surface area contributed by atoms with Crippen molar-refractivity contribution in [3.63, 3.8) is 0 Å². The molecule has 0 radical (unpaired) electrons. The molecule has 1 heterocycles. The molecule has 0 aliphatic carbocycles. The number of imide groups is 1. The molecule has 100 valence electrons. The SMILES string of the molecule is Cc1ccc(CNC(=O)CN2C(=O)CCC2=O)cc1. The van der Waals surface area contributed by atoms with E-state index in [1.807, 2.05) is 31.2 Å². The molecule has 1 aliphatic heterocycles. The monoisotopic (exact) mass is 260 g/mol. The van der Waals surface area contributed by atoms with E-state index in [0.29, 0.717) is 6.54 Å². The molecule has 3 amide bonds. The Balaban J connectivity index is 1.83. The number of hydrogen-bond donors (Lipinski definition) is 1. The Bertz CT molecular complexity index is 492. The van der Waals surface area contributed by atoms with Crippen LogP contribution in [0, 0.1) is 6.92 Å². The highest BCUT2D eigenvalue weighted by Crippen LogP contribution is 2.10. The van der Waals surface area contributed by atoms with Crippen molar-refractivity contribution < 1.29 is 14.4 Å². The quantitative estimate of drug-likeness (QED) is 0.813. The zero-order chi connectivity index (χ0) is 13.8. The highest BCUT2D eigenvalue weighted by molar-refractivity contribution is 6.04. The molecule has 5 nitrogen and oxygen atoms in total. The minimum atomic E-state index is -0.316. The summed E-state index contributed by atoms with van der Waals surface area (Å²) in [5, 5.41) is 2.70. The molecule has 19 heavy (non-hydrogen) atoms. The lowest BCUT2D eigenvalue weighted by molar-refractivity contribution is -0.142. The van der Waals surface area contributed by atoms with E-state index in [1.54, 1.807) is 0 Å². The number of carbonyl (C=O) groups excluding carboxylic acids is 3. The fourth-order valence-electron chi connectivity index (χ4n) is 1.91. The Hall–Kier alpha value is -2.17. The lowest BCUT2D eigenvalue weighted by Crippen LogP contribution is -2.39. The Labute approximate surface area is 111 Å². The van der Waals surface area contributed by atoms with E-state index >= 15 is 0 Å². The van der Waals surface area contributed by atoms with Gasteiger partial charge in [-0.25, -0.2) is 0 Å². The van der Waals surface area contributed by atoms with Crippen molar-refractivity contribution in [1.82, 2.24) is 10.2 Å². The average molecular weight is 260 g/mol. The first-order valence-corrected chi connectivity index (χ1v) is 6.21. The number of nitrogens with zero attached hydrogens (tertiary/aromatic N) is 1.